The van der Waals surface area contributed by atoms with Crippen LogP contribution in [0.15, 0.2) is 12.3 Å². The maximum Gasteiger partial charge on any atom is 0.325 e. The summed E-state index contributed by atoms with van der Waals surface area (Å²) in [7, 11) is 1.28. The van der Waals surface area contributed by atoms with Crippen molar-refractivity contribution in [3.8, 4) is 0 Å². The molecule has 1 aromatic heterocycles. The third-order valence-corrected chi connectivity index (χ3v) is 2.22. The number of hydrogen-bond acceptors (Lipinski definition) is 4. The average molecular weight is 247 g/mol. The van der Waals surface area contributed by atoms with E-state index in [-0.39, 0.29) is 17.4 Å². The zero-order valence-electron chi connectivity index (χ0n) is 9.04. The third-order valence-electron chi connectivity index (χ3n) is 2.02. The number of methoxy groups -OCH3 is 1. The van der Waals surface area contributed by atoms with Crippen LogP contribution in [-0.4, -0.2) is 31.2 Å². The fraction of sp³-hybridized carbons (Fsp3) is 0.400. The highest BCUT2D eigenvalue weighted by atomic mass is 35.5. The van der Waals surface area contributed by atoms with Crippen molar-refractivity contribution in [3.63, 3.8) is 0 Å². The Kier molecular flexibility index (Phi) is 4.49. The van der Waals surface area contributed by atoms with Gasteiger partial charge in [0.1, 0.15) is 6.54 Å². The lowest BCUT2D eigenvalue weighted by atomic mass is 10.4. The van der Waals surface area contributed by atoms with Crippen LogP contribution >= 0.6 is 11.6 Å². The van der Waals surface area contributed by atoms with Gasteiger partial charge in [0.25, 0.3) is 0 Å². The fourth-order valence-electron chi connectivity index (χ4n) is 1.20. The molecule has 1 aromatic rings. The molecule has 0 bridgehead atoms. The van der Waals surface area contributed by atoms with Crippen molar-refractivity contribution in [3.05, 3.63) is 23.1 Å². The second-order valence-electron chi connectivity index (χ2n) is 3.05. The van der Waals surface area contributed by atoms with Gasteiger partial charge in [0.2, 0.25) is 0 Å². The molecule has 0 aromatic carbocycles. The van der Waals surface area contributed by atoms with Gasteiger partial charge in [-0.1, -0.05) is 11.6 Å². The number of hydrogen-bond donors (Lipinski definition) is 0. The SMILES string of the molecule is CCN(CC(=O)OC)c1ncc(Cl)cc1F. The van der Waals surface area contributed by atoms with Gasteiger partial charge >= 0.3 is 5.97 Å². The molecule has 0 aliphatic rings. The molecular formula is C10H12ClFN2O2. The second kappa shape index (κ2) is 5.65. The number of ether oxygens (including phenoxy) is 1. The van der Waals surface area contributed by atoms with E-state index in [1.165, 1.54) is 18.2 Å². The Morgan fingerprint density at radius 3 is 2.88 bits per heavy atom. The van der Waals surface area contributed by atoms with E-state index in [1.807, 2.05) is 0 Å². The van der Waals surface area contributed by atoms with Crippen molar-refractivity contribution in [2.75, 3.05) is 25.1 Å². The Morgan fingerprint density at radius 2 is 2.38 bits per heavy atom. The number of nitrogens with zero attached hydrogens (tertiary/aromatic N) is 2. The highest BCUT2D eigenvalue weighted by Crippen LogP contribution is 2.19. The molecule has 4 nitrogen and oxygen atoms in total. The zero-order chi connectivity index (χ0) is 12.1. The molecule has 88 valence electrons. The smallest absolute Gasteiger partial charge is 0.325 e. The van der Waals surface area contributed by atoms with Crippen LogP contribution in [0.1, 0.15) is 6.92 Å². The molecule has 0 saturated carbocycles. The number of anilines is 1. The number of aromatic nitrogens is 1. The van der Waals surface area contributed by atoms with Gasteiger partial charge in [0.05, 0.1) is 12.1 Å². The van der Waals surface area contributed by atoms with Crippen molar-refractivity contribution >= 4 is 23.4 Å². The standard InChI is InChI=1S/C10H12ClFN2O2/c1-3-14(6-9(15)16-2)10-8(12)4-7(11)5-13-10/h4-5H,3,6H2,1-2H3. The van der Waals surface area contributed by atoms with Gasteiger partial charge in [-0.2, -0.15) is 0 Å². The number of likely N-dealkylation sites (N-methyl/N-ethyl adjacent to an activating group) is 1. The highest BCUT2D eigenvalue weighted by Gasteiger charge is 2.15. The number of carbonyl (C=O) groups is 1. The summed E-state index contributed by atoms with van der Waals surface area (Å²) in [6, 6.07) is 1.16. The summed E-state index contributed by atoms with van der Waals surface area (Å²) >= 11 is 5.59. The minimum atomic E-state index is -0.557. The average Bonchev–Trinajstić information content (AvgIpc) is 2.26. The molecule has 0 saturated heterocycles. The molecular weight excluding hydrogens is 235 g/mol. The monoisotopic (exact) mass is 246 g/mol. The fourth-order valence-corrected chi connectivity index (χ4v) is 1.34. The van der Waals surface area contributed by atoms with Crippen LogP contribution in [0.25, 0.3) is 0 Å². The van der Waals surface area contributed by atoms with E-state index < -0.39 is 11.8 Å². The number of esters is 1. The predicted molar refractivity (Wildman–Crippen MR) is 59.1 cm³/mol. The molecule has 0 N–H and O–H groups in total. The summed E-state index contributed by atoms with van der Waals surface area (Å²) in [4.78, 5) is 16.4. The van der Waals surface area contributed by atoms with Gasteiger partial charge in [0, 0.05) is 12.7 Å². The van der Waals surface area contributed by atoms with E-state index in [2.05, 4.69) is 9.72 Å². The number of carbonyl (C=O) groups excluding carboxylic acids is 1. The van der Waals surface area contributed by atoms with Crippen molar-refractivity contribution in [2.45, 2.75) is 6.92 Å². The maximum atomic E-state index is 13.5. The van der Waals surface area contributed by atoms with E-state index in [0.717, 1.165) is 6.07 Å². The van der Waals surface area contributed by atoms with E-state index in [9.17, 15) is 9.18 Å². The van der Waals surface area contributed by atoms with Crippen molar-refractivity contribution < 1.29 is 13.9 Å². The quantitative estimate of drug-likeness (QED) is 0.761. The third kappa shape index (κ3) is 3.06. The van der Waals surface area contributed by atoms with Gasteiger partial charge in [-0.05, 0) is 13.0 Å². The van der Waals surface area contributed by atoms with Gasteiger partial charge in [-0.15, -0.1) is 0 Å². The summed E-state index contributed by atoms with van der Waals surface area (Å²) in [6.07, 6.45) is 1.33. The van der Waals surface area contributed by atoms with Gasteiger partial charge in [-0.25, -0.2) is 9.37 Å². The van der Waals surface area contributed by atoms with E-state index >= 15 is 0 Å². The van der Waals surface area contributed by atoms with Crippen LogP contribution in [0.5, 0.6) is 0 Å². The molecule has 1 rings (SSSR count). The molecule has 1 heterocycles. The van der Waals surface area contributed by atoms with E-state index in [1.54, 1.807) is 6.92 Å². The summed E-state index contributed by atoms with van der Waals surface area (Å²) in [5, 5.41) is 0.218. The Labute approximate surface area is 98.0 Å². The molecule has 0 unspecified atom stereocenters. The normalized spacial score (nSPS) is 10.0. The molecule has 0 fully saturated rings. The highest BCUT2D eigenvalue weighted by molar-refractivity contribution is 6.30. The number of pyridine rings is 1. The van der Waals surface area contributed by atoms with E-state index in [0.29, 0.717) is 6.54 Å². The first kappa shape index (κ1) is 12.7. The first-order chi connectivity index (χ1) is 7.58. The molecule has 0 amide bonds. The first-order valence-electron chi connectivity index (χ1n) is 4.71. The summed E-state index contributed by atoms with van der Waals surface area (Å²) in [5.41, 5.74) is 0. The molecule has 0 aliphatic carbocycles. The van der Waals surface area contributed by atoms with Crippen molar-refractivity contribution in [1.82, 2.24) is 4.98 Å². The van der Waals surface area contributed by atoms with Crippen LogP contribution in [0.3, 0.4) is 0 Å². The Morgan fingerprint density at radius 1 is 1.69 bits per heavy atom. The minimum Gasteiger partial charge on any atom is -0.468 e. The first-order valence-corrected chi connectivity index (χ1v) is 5.09. The van der Waals surface area contributed by atoms with Crippen LogP contribution in [0, 0.1) is 5.82 Å². The van der Waals surface area contributed by atoms with Crippen molar-refractivity contribution in [1.29, 1.82) is 0 Å². The van der Waals surface area contributed by atoms with E-state index in [4.69, 9.17) is 11.6 Å². The Bertz CT molecular complexity index is 387. The number of halogens is 2. The molecule has 0 radical (unpaired) electrons. The lowest BCUT2D eigenvalue weighted by Crippen LogP contribution is -2.31. The van der Waals surface area contributed by atoms with Gasteiger partial charge in [-0.3, -0.25) is 4.79 Å². The molecule has 0 spiro atoms. The predicted octanol–water partition coefficient (Wildman–Crippen LogP) is 1.87. The lowest BCUT2D eigenvalue weighted by Gasteiger charge is -2.20. The topological polar surface area (TPSA) is 42.4 Å². The van der Waals surface area contributed by atoms with Crippen molar-refractivity contribution in [2.24, 2.45) is 0 Å². The molecule has 6 heteroatoms. The van der Waals surface area contributed by atoms with Crippen LogP contribution in [-0.2, 0) is 9.53 Å². The summed E-state index contributed by atoms with van der Waals surface area (Å²) < 4.78 is 18.0. The molecule has 16 heavy (non-hydrogen) atoms. The lowest BCUT2D eigenvalue weighted by molar-refractivity contribution is -0.138. The molecule has 0 atom stereocenters. The Balaban J connectivity index is 2.90. The largest absolute Gasteiger partial charge is 0.468 e. The summed E-state index contributed by atoms with van der Waals surface area (Å²) in [5.74, 6) is -0.909. The number of rotatable bonds is 4. The van der Waals surface area contributed by atoms with Gasteiger partial charge in [0.15, 0.2) is 11.6 Å². The molecule has 0 aliphatic heterocycles. The summed E-state index contributed by atoms with van der Waals surface area (Å²) in [6.45, 7) is 2.19. The zero-order valence-corrected chi connectivity index (χ0v) is 9.79. The van der Waals surface area contributed by atoms with Crippen LogP contribution in [0.4, 0.5) is 10.2 Å². The van der Waals surface area contributed by atoms with Crippen LogP contribution < -0.4 is 4.90 Å². The maximum absolute atomic E-state index is 13.5. The minimum absolute atomic E-state index is 0.0431. The second-order valence-corrected chi connectivity index (χ2v) is 3.49. The Hall–Kier alpha value is -1.36. The van der Waals surface area contributed by atoms with Gasteiger partial charge < -0.3 is 9.64 Å². The van der Waals surface area contributed by atoms with Crippen LogP contribution in [0.2, 0.25) is 5.02 Å².